The largest absolute Gasteiger partial charge is 0.347 e. The third-order valence-electron chi connectivity index (χ3n) is 15.4. The van der Waals surface area contributed by atoms with Crippen molar-refractivity contribution in [3.63, 3.8) is 0 Å². The standard InChI is InChI=1S/C58H84N10O8/c1-37(59-9)51(71)63-49(57(3,4)5)55(75)67-33-31-65(35-45(67)53(73)61-43-27-19-23-39-21-15-17-25-41(39)43)47(69)29-13-11-12-14-30-48(70)66-32-34-68(56(76)50(58(6,7)8)64-52(72)38(2)60-10)46(36-66)54(74)62-44-28-20-24-40-22-16-18-26-42(40)44/h11-18,21-22,25-26,37-38,43-46,49-50,59-60H,19-20,23-24,27-36H2,1-10H3,(H,61,73)(H,62,74)(H,63,71)(H,64,72)/b13-11+,14-12+/t37-,38-,43+,44+,45-,46-,49+,50+/m0/s1. The van der Waals surface area contributed by atoms with Crippen LogP contribution in [0.2, 0.25) is 0 Å². The molecule has 2 fully saturated rings. The molecule has 2 aromatic carbocycles. The zero-order valence-corrected chi connectivity index (χ0v) is 46.5. The van der Waals surface area contributed by atoms with Crippen LogP contribution in [0.15, 0.2) is 72.8 Å². The number of aryl methyl sites for hydroxylation is 2. The van der Waals surface area contributed by atoms with E-state index in [0.29, 0.717) is 0 Å². The molecule has 8 amide bonds. The van der Waals surface area contributed by atoms with Gasteiger partial charge in [0.05, 0.1) is 37.3 Å². The van der Waals surface area contributed by atoms with E-state index in [4.69, 9.17) is 0 Å². The number of hydrogen-bond donors (Lipinski definition) is 6. The van der Waals surface area contributed by atoms with Crippen molar-refractivity contribution >= 4 is 47.3 Å². The van der Waals surface area contributed by atoms with Crippen LogP contribution in [0.3, 0.4) is 0 Å². The van der Waals surface area contributed by atoms with E-state index in [1.54, 1.807) is 62.0 Å². The third-order valence-corrected chi connectivity index (χ3v) is 15.4. The van der Waals surface area contributed by atoms with E-state index >= 15 is 0 Å². The molecule has 0 spiro atoms. The van der Waals surface area contributed by atoms with Gasteiger partial charge in [0.15, 0.2) is 0 Å². The number of benzene rings is 2. The lowest BCUT2D eigenvalue weighted by Crippen LogP contribution is -2.66. The second-order valence-electron chi connectivity index (χ2n) is 23.0. The quantitative estimate of drug-likeness (QED) is 0.126. The highest BCUT2D eigenvalue weighted by Gasteiger charge is 2.46. The molecule has 2 aliphatic carbocycles. The van der Waals surface area contributed by atoms with Gasteiger partial charge in [0, 0.05) is 39.0 Å². The predicted octanol–water partition coefficient (Wildman–Crippen LogP) is 3.62. The van der Waals surface area contributed by atoms with Crippen LogP contribution in [0.25, 0.3) is 0 Å². The summed E-state index contributed by atoms with van der Waals surface area (Å²) in [7, 11) is 3.33. The molecule has 0 saturated carbocycles. The van der Waals surface area contributed by atoms with Gasteiger partial charge in [0.1, 0.15) is 24.2 Å². The minimum absolute atomic E-state index is 0.00127. The van der Waals surface area contributed by atoms with Crippen LogP contribution in [-0.4, -0.2) is 156 Å². The third kappa shape index (κ3) is 14.7. The summed E-state index contributed by atoms with van der Waals surface area (Å²) in [4.78, 5) is 118. The molecule has 2 aliphatic heterocycles. The lowest BCUT2D eigenvalue weighted by Gasteiger charge is -2.44. The van der Waals surface area contributed by atoms with Gasteiger partial charge in [-0.1, -0.05) is 114 Å². The summed E-state index contributed by atoms with van der Waals surface area (Å²) in [5.74, 6) is -2.69. The number of hydrogen-bond acceptors (Lipinski definition) is 10. The summed E-state index contributed by atoms with van der Waals surface area (Å²) in [5.41, 5.74) is 3.03. The van der Waals surface area contributed by atoms with E-state index in [1.807, 2.05) is 77.9 Å². The lowest BCUT2D eigenvalue weighted by molar-refractivity contribution is -0.152. The maximum atomic E-state index is 14.5. The SMILES string of the molecule is CN[C@@H](C)C(=O)N[C@H](C(=O)N1CCN(C(=O)C/C=C/C=C/CC(=O)N2CCN(C(=O)[C@@H](NC(=O)[C@H](C)NC)C(C)(C)C)[C@H](C(=O)N[C@@H]3CCCc4ccccc43)C2)C[C@H]1C(=O)N[C@@H]1CCCc2ccccc21)C(C)(C)C. The number of nitrogens with zero attached hydrogens (tertiary/aromatic N) is 4. The highest BCUT2D eigenvalue weighted by Crippen LogP contribution is 2.32. The molecule has 6 N–H and O–H groups in total. The topological polar surface area (TPSA) is 222 Å². The van der Waals surface area contributed by atoms with E-state index in [-0.39, 0.29) is 99.6 Å². The van der Waals surface area contributed by atoms with E-state index in [0.717, 1.165) is 49.7 Å². The van der Waals surface area contributed by atoms with E-state index in [2.05, 4.69) is 44.0 Å². The Balaban J connectivity index is 1.11. The monoisotopic (exact) mass is 1050 g/mol. The van der Waals surface area contributed by atoms with E-state index in [9.17, 15) is 38.4 Å². The summed E-state index contributed by atoms with van der Waals surface area (Å²) in [6, 6.07) is 10.5. The fourth-order valence-electron chi connectivity index (χ4n) is 10.5. The molecule has 0 bridgehead atoms. The molecule has 18 nitrogen and oxygen atoms in total. The first-order valence-corrected chi connectivity index (χ1v) is 27.2. The Morgan fingerprint density at radius 1 is 0.566 bits per heavy atom. The fraction of sp³-hybridized carbons (Fsp3) is 0.586. The Bertz CT molecular complexity index is 2330. The maximum Gasteiger partial charge on any atom is 0.246 e. The van der Waals surface area contributed by atoms with Gasteiger partial charge in [0.25, 0.3) is 0 Å². The van der Waals surface area contributed by atoms with Crippen molar-refractivity contribution in [2.75, 3.05) is 53.4 Å². The van der Waals surface area contributed by atoms with Gasteiger partial charge in [0.2, 0.25) is 47.3 Å². The van der Waals surface area contributed by atoms with Crippen molar-refractivity contribution in [2.45, 2.75) is 155 Å². The molecule has 2 heterocycles. The number of carbonyl (C=O) groups is 8. The number of rotatable bonds is 17. The summed E-state index contributed by atoms with van der Waals surface area (Å²) in [6.07, 6.45) is 11.8. The summed E-state index contributed by atoms with van der Waals surface area (Å²) in [5, 5.41) is 18.1. The predicted molar refractivity (Wildman–Crippen MR) is 292 cm³/mol. The fourth-order valence-corrected chi connectivity index (χ4v) is 10.5. The van der Waals surface area contributed by atoms with Crippen molar-refractivity contribution in [1.29, 1.82) is 0 Å². The van der Waals surface area contributed by atoms with Crippen LogP contribution >= 0.6 is 0 Å². The van der Waals surface area contributed by atoms with Crippen LogP contribution in [0.1, 0.15) is 128 Å². The summed E-state index contributed by atoms with van der Waals surface area (Å²) < 4.78 is 0. The Labute approximate surface area is 450 Å². The van der Waals surface area contributed by atoms with Crippen molar-refractivity contribution < 1.29 is 38.4 Å². The van der Waals surface area contributed by atoms with Crippen LogP contribution in [-0.2, 0) is 51.2 Å². The lowest BCUT2D eigenvalue weighted by atomic mass is 9.85. The zero-order chi connectivity index (χ0) is 55.5. The van der Waals surface area contributed by atoms with Crippen LogP contribution < -0.4 is 31.9 Å². The Kier molecular flexibility index (Phi) is 20.2. The van der Waals surface area contributed by atoms with E-state index < -0.39 is 58.9 Å². The molecule has 18 heteroatoms. The number of likely N-dealkylation sites (N-methyl/N-ethyl adjacent to an activating group) is 2. The molecule has 0 unspecified atom stereocenters. The molecule has 2 aromatic rings. The second kappa shape index (κ2) is 26.1. The van der Waals surface area contributed by atoms with Crippen LogP contribution in [0.5, 0.6) is 0 Å². The minimum Gasteiger partial charge on any atom is -0.347 e. The Morgan fingerprint density at radius 3 is 1.29 bits per heavy atom. The number of carbonyl (C=O) groups excluding carboxylic acids is 8. The molecule has 76 heavy (non-hydrogen) atoms. The zero-order valence-electron chi connectivity index (χ0n) is 46.5. The number of fused-ring (bicyclic) bond motifs is 2. The van der Waals surface area contributed by atoms with Crippen molar-refractivity contribution in [3.05, 3.63) is 95.1 Å². The normalized spacial score (nSPS) is 21.7. The van der Waals surface area contributed by atoms with Gasteiger partial charge < -0.3 is 51.5 Å². The smallest absolute Gasteiger partial charge is 0.246 e. The van der Waals surface area contributed by atoms with Crippen molar-refractivity contribution in [1.82, 2.24) is 51.5 Å². The van der Waals surface area contributed by atoms with E-state index in [1.165, 1.54) is 20.9 Å². The number of allylic oxidation sites excluding steroid dienone is 2. The first-order chi connectivity index (χ1) is 36.0. The highest BCUT2D eigenvalue weighted by atomic mass is 16.2. The van der Waals surface area contributed by atoms with Crippen molar-refractivity contribution in [2.24, 2.45) is 10.8 Å². The van der Waals surface area contributed by atoms with Crippen LogP contribution in [0.4, 0.5) is 0 Å². The molecule has 2 saturated heterocycles. The van der Waals surface area contributed by atoms with Crippen LogP contribution in [0, 0.1) is 10.8 Å². The highest BCUT2D eigenvalue weighted by molar-refractivity contribution is 5.96. The average Bonchev–Trinajstić information content (AvgIpc) is 3.40. The number of amides is 8. The van der Waals surface area contributed by atoms with Gasteiger partial charge >= 0.3 is 0 Å². The minimum atomic E-state index is -1.01. The maximum absolute atomic E-state index is 14.5. The van der Waals surface area contributed by atoms with Gasteiger partial charge in [-0.2, -0.15) is 0 Å². The molecule has 6 rings (SSSR count). The van der Waals surface area contributed by atoms with Gasteiger partial charge in [-0.15, -0.1) is 0 Å². The molecular weight excluding hydrogens is 965 g/mol. The first-order valence-electron chi connectivity index (χ1n) is 27.2. The Hall–Kier alpha value is -6.40. The number of nitrogens with one attached hydrogen (secondary N) is 6. The molecule has 0 radical (unpaired) electrons. The summed E-state index contributed by atoms with van der Waals surface area (Å²) >= 11 is 0. The first kappa shape index (κ1) is 58.9. The molecule has 8 atom stereocenters. The molecule has 0 aromatic heterocycles. The Morgan fingerprint density at radius 2 is 0.934 bits per heavy atom. The average molecular weight is 1050 g/mol. The van der Waals surface area contributed by atoms with Gasteiger partial charge in [-0.3, -0.25) is 38.4 Å². The molecule has 414 valence electrons. The molecule has 4 aliphatic rings. The number of piperazine rings is 2. The molecular formula is C58H84N10O8. The van der Waals surface area contributed by atoms with Gasteiger partial charge in [-0.25, -0.2) is 0 Å². The second-order valence-corrected chi connectivity index (χ2v) is 23.0. The summed E-state index contributed by atoms with van der Waals surface area (Å²) in [6.45, 7) is 15.1. The van der Waals surface area contributed by atoms with Gasteiger partial charge in [-0.05, 0) is 99.6 Å². The van der Waals surface area contributed by atoms with Crippen molar-refractivity contribution in [3.8, 4) is 0 Å².